The van der Waals surface area contributed by atoms with Crippen molar-refractivity contribution in [3.63, 3.8) is 0 Å². The van der Waals surface area contributed by atoms with Crippen LogP contribution in [0.2, 0.25) is 0 Å². The molecule has 0 aromatic heterocycles. The van der Waals surface area contributed by atoms with Crippen molar-refractivity contribution in [3.05, 3.63) is 0 Å². The summed E-state index contributed by atoms with van der Waals surface area (Å²) in [5, 5.41) is 3.70. The first-order valence-electron chi connectivity index (χ1n) is 7.96. The van der Waals surface area contributed by atoms with Crippen molar-refractivity contribution in [2.75, 3.05) is 19.6 Å². The molecule has 2 nitrogen and oxygen atoms in total. The Morgan fingerprint density at radius 1 is 1.17 bits per heavy atom. The molecule has 108 valence electrons. The largest absolute Gasteiger partial charge is 0.311 e. The monoisotopic (exact) mass is 254 g/mol. The fourth-order valence-corrected chi connectivity index (χ4v) is 2.97. The molecule has 1 saturated heterocycles. The summed E-state index contributed by atoms with van der Waals surface area (Å²) in [6.07, 6.45) is 6.79. The van der Waals surface area contributed by atoms with Gasteiger partial charge in [-0.15, -0.1) is 0 Å². The minimum Gasteiger partial charge on any atom is -0.311 e. The second-order valence-electron chi connectivity index (χ2n) is 6.95. The molecule has 2 unspecified atom stereocenters. The van der Waals surface area contributed by atoms with Gasteiger partial charge in [0.2, 0.25) is 0 Å². The minimum atomic E-state index is 0.375. The van der Waals surface area contributed by atoms with Gasteiger partial charge in [0.05, 0.1) is 0 Å². The molecule has 0 amide bonds. The molecule has 2 heteroatoms. The smallest absolute Gasteiger partial charge is 0.0244 e. The third-order valence-corrected chi connectivity index (χ3v) is 4.28. The molecule has 0 radical (unpaired) electrons. The van der Waals surface area contributed by atoms with Gasteiger partial charge in [-0.1, -0.05) is 53.9 Å². The molecule has 0 aliphatic carbocycles. The quantitative estimate of drug-likeness (QED) is 0.778. The summed E-state index contributed by atoms with van der Waals surface area (Å²) in [4.78, 5) is 2.76. The molecule has 1 aliphatic heterocycles. The van der Waals surface area contributed by atoms with Gasteiger partial charge in [0.1, 0.15) is 0 Å². The average molecular weight is 254 g/mol. The highest BCUT2D eigenvalue weighted by atomic mass is 15.2. The fraction of sp³-hybridized carbons (Fsp3) is 1.00. The van der Waals surface area contributed by atoms with E-state index in [9.17, 15) is 0 Å². The normalized spacial score (nSPS) is 24.2. The van der Waals surface area contributed by atoms with Gasteiger partial charge in [-0.3, -0.25) is 4.90 Å². The lowest BCUT2D eigenvalue weighted by molar-refractivity contribution is 0.0883. The van der Waals surface area contributed by atoms with Gasteiger partial charge >= 0.3 is 0 Å². The van der Waals surface area contributed by atoms with E-state index in [0.29, 0.717) is 11.5 Å². The number of rotatable bonds is 6. The molecule has 1 aliphatic rings. The Kier molecular flexibility index (Phi) is 6.65. The van der Waals surface area contributed by atoms with E-state index in [2.05, 4.69) is 44.8 Å². The van der Waals surface area contributed by atoms with E-state index in [4.69, 9.17) is 0 Å². The molecule has 1 rings (SSSR count). The van der Waals surface area contributed by atoms with Crippen LogP contribution in [-0.4, -0.2) is 36.6 Å². The lowest BCUT2D eigenvalue weighted by atomic mass is 9.85. The van der Waals surface area contributed by atoms with Crippen LogP contribution < -0.4 is 5.32 Å². The van der Waals surface area contributed by atoms with Gasteiger partial charge in [0.15, 0.2) is 0 Å². The summed E-state index contributed by atoms with van der Waals surface area (Å²) in [7, 11) is 0. The van der Waals surface area contributed by atoms with Crippen LogP contribution in [0.5, 0.6) is 0 Å². The molecule has 0 saturated carbocycles. The van der Waals surface area contributed by atoms with Gasteiger partial charge in [-0.2, -0.15) is 0 Å². The molecule has 1 N–H and O–H groups in total. The standard InChI is InChI=1S/C16H34N2/c1-6-8-10-14(9-7-2)18-12-11-17-15(13-18)16(3,4)5/h14-15,17H,6-13H2,1-5H3. The molecule has 0 bridgehead atoms. The third kappa shape index (κ3) is 4.89. The maximum Gasteiger partial charge on any atom is 0.0244 e. The van der Waals surface area contributed by atoms with Crippen molar-refractivity contribution < 1.29 is 0 Å². The molecule has 2 atom stereocenters. The first kappa shape index (κ1) is 16.0. The van der Waals surface area contributed by atoms with E-state index in [0.717, 1.165) is 12.6 Å². The summed E-state index contributed by atoms with van der Waals surface area (Å²) < 4.78 is 0. The van der Waals surface area contributed by atoms with Crippen LogP contribution >= 0.6 is 0 Å². The predicted molar refractivity (Wildman–Crippen MR) is 81.0 cm³/mol. The van der Waals surface area contributed by atoms with E-state index in [1.807, 2.05) is 0 Å². The van der Waals surface area contributed by atoms with Crippen molar-refractivity contribution in [2.24, 2.45) is 5.41 Å². The van der Waals surface area contributed by atoms with Crippen molar-refractivity contribution in [1.82, 2.24) is 10.2 Å². The molecular weight excluding hydrogens is 220 g/mol. The first-order chi connectivity index (χ1) is 8.49. The van der Waals surface area contributed by atoms with Crippen LogP contribution in [0.15, 0.2) is 0 Å². The van der Waals surface area contributed by atoms with E-state index in [-0.39, 0.29) is 0 Å². The number of unbranched alkanes of at least 4 members (excludes halogenated alkanes) is 1. The Bertz CT molecular complexity index is 220. The van der Waals surface area contributed by atoms with Crippen molar-refractivity contribution in [3.8, 4) is 0 Å². The molecule has 0 aromatic carbocycles. The van der Waals surface area contributed by atoms with E-state index >= 15 is 0 Å². The highest BCUT2D eigenvalue weighted by Crippen LogP contribution is 2.24. The predicted octanol–water partition coefficient (Wildman–Crippen LogP) is 3.67. The summed E-state index contributed by atoms with van der Waals surface area (Å²) in [5.74, 6) is 0. The number of nitrogens with one attached hydrogen (secondary N) is 1. The third-order valence-electron chi connectivity index (χ3n) is 4.28. The van der Waals surface area contributed by atoms with Crippen LogP contribution in [0.25, 0.3) is 0 Å². The van der Waals surface area contributed by atoms with Crippen molar-refractivity contribution in [1.29, 1.82) is 0 Å². The second-order valence-corrected chi connectivity index (χ2v) is 6.95. The second kappa shape index (κ2) is 7.49. The van der Waals surface area contributed by atoms with Gasteiger partial charge in [0, 0.05) is 31.7 Å². The van der Waals surface area contributed by atoms with Crippen LogP contribution in [-0.2, 0) is 0 Å². The van der Waals surface area contributed by atoms with E-state index < -0.39 is 0 Å². The number of hydrogen-bond donors (Lipinski definition) is 1. The highest BCUT2D eigenvalue weighted by Gasteiger charge is 2.31. The molecular formula is C16H34N2. The molecule has 1 fully saturated rings. The zero-order valence-electron chi connectivity index (χ0n) is 13.3. The minimum absolute atomic E-state index is 0.375. The summed E-state index contributed by atoms with van der Waals surface area (Å²) in [5.41, 5.74) is 0.375. The Labute approximate surface area is 115 Å². The summed E-state index contributed by atoms with van der Waals surface area (Å²) in [6.45, 7) is 15.3. The number of nitrogens with zero attached hydrogens (tertiary/aromatic N) is 1. The summed E-state index contributed by atoms with van der Waals surface area (Å²) >= 11 is 0. The molecule has 1 heterocycles. The Balaban J connectivity index is 2.55. The van der Waals surface area contributed by atoms with Gasteiger partial charge in [-0.25, -0.2) is 0 Å². The van der Waals surface area contributed by atoms with Gasteiger partial charge in [0.25, 0.3) is 0 Å². The van der Waals surface area contributed by atoms with Crippen molar-refractivity contribution in [2.45, 2.75) is 78.8 Å². The molecule has 0 spiro atoms. The maximum atomic E-state index is 3.70. The Hall–Kier alpha value is -0.0800. The van der Waals surface area contributed by atoms with Crippen LogP contribution in [0.3, 0.4) is 0 Å². The topological polar surface area (TPSA) is 15.3 Å². The summed E-state index contributed by atoms with van der Waals surface area (Å²) in [6, 6.07) is 1.47. The molecule has 0 aromatic rings. The van der Waals surface area contributed by atoms with E-state index in [1.54, 1.807) is 0 Å². The van der Waals surface area contributed by atoms with Gasteiger partial charge < -0.3 is 5.32 Å². The highest BCUT2D eigenvalue weighted by molar-refractivity contribution is 4.89. The average Bonchev–Trinajstić information content (AvgIpc) is 2.33. The lowest BCUT2D eigenvalue weighted by Crippen LogP contribution is -2.58. The fourth-order valence-electron chi connectivity index (χ4n) is 2.97. The van der Waals surface area contributed by atoms with E-state index in [1.165, 1.54) is 45.2 Å². The zero-order valence-corrected chi connectivity index (χ0v) is 13.3. The Morgan fingerprint density at radius 2 is 1.89 bits per heavy atom. The van der Waals surface area contributed by atoms with Crippen molar-refractivity contribution >= 4 is 0 Å². The Morgan fingerprint density at radius 3 is 2.44 bits per heavy atom. The number of piperazine rings is 1. The van der Waals surface area contributed by atoms with Crippen LogP contribution in [0, 0.1) is 5.41 Å². The zero-order chi connectivity index (χ0) is 13.6. The van der Waals surface area contributed by atoms with Crippen LogP contribution in [0.4, 0.5) is 0 Å². The lowest BCUT2D eigenvalue weighted by Gasteiger charge is -2.44. The SMILES string of the molecule is CCCCC(CCC)N1CCNC(C(C)(C)C)C1. The molecule has 18 heavy (non-hydrogen) atoms. The number of hydrogen-bond acceptors (Lipinski definition) is 2. The van der Waals surface area contributed by atoms with Crippen LogP contribution in [0.1, 0.15) is 66.7 Å². The first-order valence-corrected chi connectivity index (χ1v) is 7.96. The van der Waals surface area contributed by atoms with Gasteiger partial charge in [-0.05, 0) is 18.3 Å². The maximum absolute atomic E-state index is 3.70.